The fourth-order valence-corrected chi connectivity index (χ4v) is 3.51. The quantitative estimate of drug-likeness (QED) is 0.892. The molecule has 104 valence electrons. The van der Waals surface area contributed by atoms with E-state index < -0.39 is 0 Å². The van der Waals surface area contributed by atoms with E-state index in [9.17, 15) is 0 Å². The molecule has 3 rings (SSSR count). The van der Waals surface area contributed by atoms with Crippen LogP contribution in [0.1, 0.15) is 17.5 Å². The van der Waals surface area contributed by atoms with E-state index in [1.807, 2.05) is 0 Å². The number of para-hydroxylation sites is 1. The number of anilines is 1. The Bertz CT molecular complexity index is 444. The Hall–Kier alpha value is -1.06. The molecule has 0 radical (unpaired) electrons. The van der Waals surface area contributed by atoms with Gasteiger partial charge < -0.3 is 15.1 Å². The molecule has 0 bridgehead atoms. The second kappa shape index (κ2) is 5.51. The second-order valence-corrected chi connectivity index (χ2v) is 6.24. The highest BCUT2D eigenvalue weighted by Gasteiger charge is 2.21. The van der Waals surface area contributed by atoms with Crippen LogP contribution in [0.25, 0.3) is 0 Å². The number of nitrogens with zero attached hydrogens (tertiary/aromatic N) is 2. The first-order valence-corrected chi connectivity index (χ1v) is 7.44. The maximum Gasteiger partial charge on any atom is 0.0419 e. The van der Waals surface area contributed by atoms with E-state index in [1.54, 1.807) is 0 Å². The van der Waals surface area contributed by atoms with Gasteiger partial charge in [-0.15, -0.1) is 0 Å². The second-order valence-electron chi connectivity index (χ2n) is 6.24. The Morgan fingerprint density at radius 3 is 3.11 bits per heavy atom. The van der Waals surface area contributed by atoms with Gasteiger partial charge in [0, 0.05) is 31.9 Å². The molecule has 2 aliphatic heterocycles. The molecule has 1 atom stereocenters. The summed E-state index contributed by atoms with van der Waals surface area (Å²) < 4.78 is 0. The Morgan fingerprint density at radius 1 is 1.42 bits per heavy atom. The standard InChI is InChI=1S/C16H25N3/c1-18-9-7-13(10-18)11-19(2)12-15-5-3-4-14-6-8-17-16(14)15/h3-5,13,17H,6-12H2,1-2H3. The fraction of sp³-hybridized carbons (Fsp3) is 0.625. The molecule has 1 saturated heterocycles. The number of rotatable bonds is 4. The molecule has 2 aliphatic rings. The summed E-state index contributed by atoms with van der Waals surface area (Å²) in [6.07, 6.45) is 2.53. The summed E-state index contributed by atoms with van der Waals surface area (Å²) >= 11 is 0. The van der Waals surface area contributed by atoms with Crippen molar-refractivity contribution in [2.24, 2.45) is 5.92 Å². The number of nitrogens with one attached hydrogen (secondary N) is 1. The number of benzene rings is 1. The molecule has 3 heteroatoms. The van der Waals surface area contributed by atoms with Gasteiger partial charge in [-0.05, 0) is 50.5 Å². The van der Waals surface area contributed by atoms with Gasteiger partial charge in [-0.3, -0.25) is 0 Å². The smallest absolute Gasteiger partial charge is 0.0419 e. The van der Waals surface area contributed by atoms with Crippen LogP contribution >= 0.6 is 0 Å². The zero-order chi connectivity index (χ0) is 13.2. The predicted octanol–water partition coefficient (Wildman–Crippen LogP) is 2.04. The summed E-state index contributed by atoms with van der Waals surface area (Å²) in [6.45, 7) is 5.91. The van der Waals surface area contributed by atoms with Gasteiger partial charge in [-0.2, -0.15) is 0 Å². The van der Waals surface area contributed by atoms with Crippen LogP contribution < -0.4 is 5.32 Å². The summed E-state index contributed by atoms with van der Waals surface area (Å²) in [4.78, 5) is 4.93. The molecule has 0 aliphatic carbocycles. The van der Waals surface area contributed by atoms with Gasteiger partial charge in [0.15, 0.2) is 0 Å². The minimum atomic E-state index is 0.847. The maximum absolute atomic E-state index is 3.54. The number of hydrogen-bond donors (Lipinski definition) is 1. The van der Waals surface area contributed by atoms with E-state index in [0.717, 1.165) is 19.0 Å². The van der Waals surface area contributed by atoms with E-state index in [-0.39, 0.29) is 0 Å². The lowest BCUT2D eigenvalue weighted by molar-refractivity contribution is 0.267. The highest BCUT2D eigenvalue weighted by molar-refractivity contribution is 5.61. The van der Waals surface area contributed by atoms with Crippen LogP contribution in [0.3, 0.4) is 0 Å². The molecule has 1 aromatic rings. The normalized spacial score (nSPS) is 22.8. The molecule has 1 aromatic carbocycles. The molecule has 1 fully saturated rings. The molecular formula is C16H25N3. The number of likely N-dealkylation sites (tertiary alicyclic amines) is 1. The SMILES string of the molecule is CN1CCC(CN(C)Cc2cccc3c2NCC3)C1. The first-order chi connectivity index (χ1) is 9.22. The molecule has 19 heavy (non-hydrogen) atoms. The van der Waals surface area contributed by atoms with Crippen molar-refractivity contribution < 1.29 is 0 Å². The molecule has 0 spiro atoms. The van der Waals surface area contributed by atoms with E-state index in [0.29, 0.717) is 0 Å². The van der Waals surface area contributed by atoms with E-state index in [2.05, 4.69) is 47.4 Å². The Kier molecular flexibility index (Phi) is 3.76. The molecule has 1 unspecified atom stereocenters. The lowest BCUT2D eigenvalue weighted by atomic mass is 10.1. The van der Waals surface area contributed by atoms with E-state index >= 15 is 0 Å². The molecule has 3 nitrogen and oxygen atoms in total. The third kappa shape index (κ3) is 2.93. The van der Waals surface area contributed by atoms with Gasteiger partial charge in [0.05, 0.1) is 0 Å². The lowest BCUT2D eigenvalue weighted by Crippen LogP contribution is -2.27. The molecule has 1 N–H and O–H groups in total. The van der Waals surface area contributed by atoms with E-state index in [1.165, 1.54) is 49.3 Å². The largest absolute Gasteiger partial charge is 0.384 e. The summed E-state index contributed by atoms with van der Waals surface area (Å²) in [5.74, 6) is 0.847. The molecule has 2 heterocycles. The van der Waals surface area contributed by atoms with Crippen LogP contribution in [0, 0.1) is 5.92 Å². The zero-order valence-electron chi connectivity index (χ0n) is 12.2. The van der Waals surface area contributed by atoms with Crippen molar-refractivity contribution in [2.75, 3.05) is 45.6 Å². The van der Waals surface area contributed by atoms with Gasteiger partial charge in [0.25, 0.3) is 0 Å². The summed E-state index contributed by atoms with van der Waals surface area (Å²) in [7, 11) is 4.49. The van der Waals surface area contributed by atoms with Crippen molar-refractivity contribution >= 4 is 5.69 Å². The van der Waals surface area contributed by atoms with Crippen LogP contribution in [0.15, 0.2) is 18.2 Å². The third-order valence-corrected chi connectivity index (χ3v) is 4.43. The monoisotopic (exact) mass is 259 g/mol. The van der Waals surface area contributed by atoms with Crippen molar-refractivity contribution in [3.8, 4) is 0 Å². The minimum Gasteiger partial charge on any atom is -0.384 e. The van der Waals surface area contributed by atoms with Crippen molar-refractivity contribution in [3.63, 3.8) is 0 Å². The molecule has 0 aromatic heterocycles. The average molecular weight is 259 g/mol. The molecule has 0 saturated carbocycles. The highest BCUT2D eigenvalue weighted by Crippen LogP contribution is 2.27. The van der Waals surface area contributed by atoms with E-state index in [4.69, 9.17) is 0 Å². The van der Waals surface area contributed by atoms with Gasteiger partial charge in [-0.1, -0.05) is 18.2 Å². The van der Waals surface area contributed by atoms with Gasteiger partial charge >= 0.3 is 0 Å². The van der Waals surface area contributed by atoms with Gasteiger partial charge in [0.2, 0.25) is 0 Å². The fourth-order valence-electron chi connectivity index (χ4n) is 3.51. The van der Waals surface area contributed by atoms with Crippen molar-refractivity contribution in [1.82, 2.24) is 9.80 Å². The first kappa shape index (κ1) is 12.9. The Morgan fingerprint density at radius 2 is 2.32 bits per heavy atom. The summed E-state index contributed by atoms with van der Waals surface area (Å²) in [5, 5.41) is 3.54. The van der Waals surface area contributed by atoms with Crippen LogP contribution in [0.5, 0.6) is 0 Å². The average Bonchev–Trinajstić information content (AvgIpc) is 2.98. The summed E-state index contributed by atoms with van der Waals surface area (Å²) in [5.41, 5.74) is 4.35. The maximum atomic E-state index is 3.54. The third-order valence-electron chi connectivity index (χ3n) is 4.43. The van der Waals surface area contributed by atoms with Crippen LogP contribution in [-0.2, 0) is 13.0 Å². The first-order valence-electron chi connectivity index (χ1n) is 7.44. The predicted molar refractivity (Wildman–Crippen MR) is 80.6 cm³/mol. The summed E-state index contributed by atoms with van der Waals surface area (Å²) in [6, 6.07) is 6.73. The Labute approximate surface area is 116 Å². The molecule has 0 amide bonds. The highest BCUT2D eigenvalue weighted by atomic mass is 15.1. The van der Waals surface area contributed by atoms with Crippen LogP contribution in [0.4, 0.5) is 5.69 Å². The zero-order valence-corrected chi connectivity index (χ0v) is 12.2. The van der Waals surface area contributed by atoms with Crippen LogP contribution in [-0.4, -0.2) is 50.1 Å². The number of fused-ring (bicyclic) bond motifs is 1. The topological polar surface area (TPSA) is 18.5 Å². The van der Waals surface area contributed by atoms with Crippen molar-refractivity contribution in [1.29, 1.82) is 0 Å². The minimum absolute atomic E-state index is 0.847. The van der Waals surface area contributed by atoms with Crippen molar-refractivity contribution in [2.45, 2.75) is 19.4 Å². The Balaban J connectivity index is 1.60. The van der Waals surface area contributed by atoms with Gasteiger partial charge in [0.1, 0.15) is 0 Å². The van der Waals surface area contributed by atoms with Crippen LogP contribution in [0.2, 0.25) is 0 Å². The van der Waals surface area contributed by atoms with Gasteiger partial charge in [-0.25, -0.2) is 0 Å². The molecular weight excluding hydrogens is 234 g/mol. The van der Waals surface area contributed by atoms with Crippen molar-refractivity contribution in [3.05, 3.63) is 29.3 Å². The lowest BCUT2D eigenvalue weighted by Gasteiger charge is -2.22. The number of hydrogen-bond acceptors (Lipinski definition) is 3.